The molecule has 0 bridgehead atoms. The Hall–Kier alpha value is -2.86. The van der Waals surface area contributed by atoms with Gasteiger partial charge in [-0.05, 0) is 55.3 Å². The van der Waals surface area contributed by atoms with Gasteiger partial charge in [-0.15, -0.1) is 0 Å². The topological polar surface area (TPSA) is 71.3 Å². The number of amides is 1. The number of hydrogen-bond donors (Lipinski definition) is 2. The lowest BCUT2D eigenvalue weighted by atomic mass is 10.1. The second kappa shape index (κ2) is 8.66. The van der Waals surface area contributed by atoms with E-state index in [2.05, 4.69) is 5.32 Å². The van der Waals surface area contributed by atoms with Gasteiger partial charge in [0, 0.05) is 23.2 Å². The molecule has 2 N–H and O–H groups in total. The van der Waals surface area contributed by atoms with Gasteiger partial charge in [-0.25, -0.2) is 4.39 Å². The first-order valence-corrected chi connectivity index (χ1v) is 9.80. The molecule has 2 aromatic carbocycles. The Morgan fingerprint density at radius 3 is 2.66 bits per heavy atom. The van der Waals surface area contributed by atoms with Crippen LogP contribution in [0.2, 0.25) is 5.02 Å². The lowest BCUT2D eigenvalue weighted by molar-refractivity contribution is -0.120. The highest BCUT2D eigenvalue weighted by atomic mass is 35.5. The fourth-order valence-corrected chi connectivity index (χ4v) is 3.46. The Morgan fingerprint density at radius 1 is 1.21 bits per heavy atom. The predicted molar refractivity (Wildman–Crippen MR) is 111 cm³/mol. The van der Waals surface area contributed by atoms with Gasteiger partial charge in [-0.1, -0.05) is 24.9 Å². The summed E-state index contributed by atoms with van der Waals surface area (Å²) in [6.07, 6.45) is 1.93. The van der Waals surface area contributed by atoms with E-state index in [1.54, 1.807) is 13.0 Å². The zero-order valence-electron chi connectivity index (χ0n) is 16.3. The number of carbonyl (C=O) groups excluding carboxylic acids is 2. The molecule has 29 heavy (non-hydrogen) atoms. The van der Waals surface area contributed by atoms with E-state index in [1.165, 1.54) is 28.8 Å². The number of phenols is 1. The Labute approximate surface area is 173 Å². The predicted octanol–water partition coefficient (Wildman–Crippen LogP) is 4.60. The summed E-state index contributed by atoms with van der Waals surface area (Å²) >= 11 is 5.72. The number of phenolic OH excluding ortho intramolecular Hbond substituents is 1. The third kappa shape index (κ3) is 4.27. The number of carbonyl (C=O) groups is 2. The van der Waals surface area contributed by atoms with E-state index in [1.807, 2.05) is 6.92 Å². The van der Waals surface area contributed by atoms with Crippen molar-refractivity contribution < 1.29 is 19.1 Å². The number of fused-ring (bicyclic) bond motifs is 1. The number of unbranched alkanes of at least 4 members (excludes halogenated alkanes) is 1. The van der Waals surface area contributed by atoms with Crippen molar-refractivity contribution in [2.45, 2.75) is 33.1 Å². The maximum absolute atomic E-state index is 13.9. The summed E-state index contributed by atoms with van der Waals surface area (Å²) in [4.78, 5) is 25.5. The van der Waals surface area contributed by atoms with Crippen LogP contribution in [-0.4, -0.2) is 28.0 Å². The van der Waals surface area contributed by atoms with Crippen LogP contribution in [0.5, 0.6) is 5.75 Å². The molecule has 0 aliphatic carbocycles. The summed E-state index contributed by atoms with van der Waals surface area (Å²) < 4.78 is 15.3. The number of benzene rings is 2. The molecule has 0 saturated heterocycles. The van der Waals surface area contributed by atoms with E-state index < -0.39 is 11.7 Å². The van der Waals surface area contributed by atoms with Gasteiger partial charge in [0.2, 0.25) is 5.91 Å². The Balaban J connectivity index is 2.06. The second-order valence-corrected chi connectivity index (χ2v) is 7.32. The Morgan fingerprint density at radius 2 is 1.97 bits per heavy atom. The molecule has 3 rings (SSSR count). The van der Waals surface area contributed by atoms with Crippen molar-refractivity contribution >= 4 is 34.3 Å². The maximum Gasteiger partial charge on any atom is 0.262 e. The zero-order valence-corrected chi connectivity index (χ0v) is 17.0. The van der Waals surface area contributed by atoms with Crippen molar-refractivity contribution in [3.05, 3.63) is 64.1 Å². The van der Waals surface area contributed by atoms with E-state index in [4.69, 9.17) is 11.6 Å². The number of hydrogen-bond acceptors (Lipinski definition) is 3. The molecular formula is C22H22ClFN2O3. The quantitative estimate of drug-likeness (QED) is 0.577. The first-order valence-electron chi connectivity index (χ1n) is 9.42. The monoisotopic (exact) mass is 416 g/mol. The van der Waals surface area contributed by atoms with Gasteiger partial charge < -0.3 is 10.4 Å². The van der Waals surface area contributed by atoms with E-state index in [0.717, 1.165) is 18.9 Å². The van der Waals surface area contributed by atoms with Crippen LogP contribution in [0.15, 0.2) is 36.4 Å². The average Bonchev–Trinajstić information content (AvgIpc) is 2.95. The summed E-state index contributed by atoms with van der Waals surface area (Å²) in [5.41, 5.74) is 1.89. The van der Waals surface area contributed by atoms with Gasteiger partial charge >= 0.3 is 0 Å². The summed E-state index contributed by atoms with van der Waals surface area (Å²) in [5.74, 6) is -1.24. The van der Waals surface area contributed by atoms with Crippen LogP contribution in [0.4, 0.5) is 4.39 Å². The molecular weight excluding hydrogens is 395 g/mol. The third-order valence-corrected chi connectivity index (χ3v) is 5.18. The van der Waals surface area contributed by atoms with E-state index >= 15 is 0 Å². The molecule has 0 saturated carbocycles. The number of aromatic hydroxyl groups is 1. The highest BCUT2D eigenvalue weighted by Gasteiger charge is 2.22. The first kappa shape index (κ1) is 20.9. The summed E-state index contributed by atoms with van der Waals surface area (Å²) in [7, 11) is 0. The molecule has 1 amide bonds. The SMILES string of the molecule is CCCCNC(=O)Cc1c(C)n(C(=O)c2ccc(Cl)c(F)c2)c2ccc(O)cc12. The van der Waals surface area contributed by atoms with Crippen LogP contribution in [-0.2, 0) is 11.2 Å². The number of aromatic nitrogens is 1. The molecule has 3 aromatic rings. The van der Waals surface area contributed by atoms with Crippen LogP contribution in [0.25, 0.3) is 10.9 Å². The second-order valence-electron chi connectivity index (χ2n) is 6.92. The smallest absolute Gasteiger partial charge is 0.262 e. The summed E-state index contributed by atoms with van der Waals surface area (Å²) in [6, 6.07) is 8.49. The van der Waals surface area contributed by atoms with Crippen molar-refractivity contribution in [3.63, 3.8) is 0 Å². The average molecular weight is 417 g/mol. The van der Waals surface area contributed by atoms with Crippen LogP contribution in [0, 0.1) is 12.7 Å². The number of rotatable bonds is 6. The third-order valence-electron chi connectivity index (χ3n) is 4.88. The van der Waals surface area contributed by atoms with Crippen LogP contribution < -0.4 is 5.32 Å². The van der Waals surface area contributed by atoms with Gasteiger partial charge in [-0.3, -0.25) is 14.2 Å². The van der Waals surface area contributed by atoms with Crippen LogP contribution in [0.3, 0.4) is 0 Å². The minimum atomic E-state index is -0.681. The highest BCUT2D eigenvalue weighted by molar-refractivity contribution is 6.30. The molecule has 152 valence electrons. The molecule has 0 aliphatic heterocycles. The highest BCUT2D eigenvalue weighted by Crippen LogP contribution is 2.30. The molecule has 1 aromatic heterocycles. The summed E-state index contributed by atoms with van der Waals surface area (Å²) in [6.45, 7) is 4.36. The van der Waals surface area contributed by atoms with Crippen LogP contribution >= 0.6 is 11.6 Å². The lowest BCUT2D eigenvalue weighted by Gasteiger charge is -2.09. The zero-order chi connectivity index (χ0) is 21.1. The van der Waals surface area contributed by atoms with Crippen molar-refractivity contribution in [3.8, 4) is 5.75 Å². The van der Waals surface area contributed by atoms with Gasteiger partial charge in [0.1, 0.15) is 11.6 Å². The molecule has 0 atom stereocenters. The Kier molecular flexibility index (Phi) is 6.23. The van der Waals surface area contributed by atoms with Gasteiger partial charge in [-0.2, -0.15) is 0 Å². The van der Waals surface area contributed by atoms with Crippen LogP contribution in [0.1, 0.15) is 41.4 Å². The van der Waals surface area contributed by atoms with Gasteiger partial charge in [0.05, 0.1) is 17.0 Å². The van der Waals surface area contributed by atoms with Crippen molar-refractivity contribution in [2.75, 3.05) is 6.54 Å². The van der Waals surface area contributed by atoms with Crippen molar-refractivity contribution in [1.82, 2.24) is 9.88 Å². The molecule has 0 fully saturated rings. The molecule has 0 unspecified atom stereocenters. The minimum Gasteiger partial charge on any atom is -0.508 e. The van der Waals surface area contributed by atoms with E-state index in [-0.39, 0.29) is 28.7 Å². The van der Waals surface area contributed by atoms with Crippen molar-refractivity contribution in [2.24, 2.45) is 0 Å². The minimum absolute atomic E-state index is 0.0345. The van der Waals surface area contributed by atoms with Crippen molar-refractivity contribution in [1.29, 1.82) is 0 Å². The molecule has 0 aliphatic rings. The van der Waals surface area contributed by atoms with E-state index in [9.17, 15) is 19.1 Å². The summed E-state index contributed by atoms with van der Waals surface area (Å²) in [5, 5.41) is 13.3. The largest absolute Gasteiger partial charge is 0.508 e. The fourth-order valence-electron chi connectivity index (χ4n) is 3.34. The normalized spacial score (nSPS) is 11.0. The number of nitrogens with zero attached hydrogens (tertiary/aromatic N) is 1. The Bertz CT molecular complexity index is 1090. The standard InChI is InChI=1S/C22H22ClFN2O3/c1-3-4-9-25-21(28)12-16-13(2)26(20-8-6-15(27)11-17(16)20)22(29)14-5-7-18(23)19(24)10-14/h5-8,10-11,27H,3-4,9,12H2,1-2H3,(H,25,28). The van der Waals surface area contributed by atoms with E-state index in [0.29, 0.717) is 28.7 Å². The maximum atomic E-state index is 13.9. The lowest BCUT2D eigenvalue weighted by Crippen LogP contribution is -2.26. The molecule has 0 spiro atoms. The molecule has 5 nitrogen and oxygen atoms in total. The first-order chi connectivity index (χ1) is 13.8. The fraction of sp³-hybridized carbons (Fsp3) is 0.273. The molecule has 1 heterocycles. The molecule has 0 radical (unpaired) electrons. The number of halogens is 2. The van der Waals surface area contributed by atoms with Gasteiger partial charge in [0.15, 0.2) is 0 Å². The number of nitrogens with one attached hydrogen (secondary N) is 1. The van der Waals surface area contributed by atoms with Gasteiger partial charge in [0.25, 0.3) is 5.91 Å². The molecule has 7 heteroatoms.